The molecular formula is C21H32N2O3. The first-order valence-electron chi connectivity index (χ1n) is 10.1. The van der Waals surface area contributed by atoms with Crippen molar-refractivity contribution in [1.82, 2.24) is 10.2 Å². The summed E-state index contributed by atoms with van der Waals surface area (Å²) in [5.74, 6) is 1.56. The van der Waals surface area contributed by atoms with E-state index in [2.05, 4.69) is 5.32 Å². The van der Waals surface area contributed by atoms with E-state index >= 15 is 0 Å². The number of rotatable bonds is 3. The molecule has 0 saturated heterocycles. The number of urea groups is 1. The summed E-state index contributed by atoms with van der Waals surface area (Å²) in [6, 6.07) is 6.23. The van der Waals surface area contributed by atoms with E-state index < -0.39 is 0 Å². The lowest BCUT2D eigenvalue weighted by atomic mass is 9.96. The van der Waals surface area contributed by atoms with Crippen molar-refractivity contribution in [1.29, 1.82) is 0 Å². The number of nitrogens with zero attached hydrogens (tertiary/aromatic N) is 1. The van der Waals surface area contributed by atoms with Crippen LogP contribution in [0.4, 0.5) is 4.79 Å². The van der Waals surface area contributed by atoms with Gasteiger partial charge in [-0.1, -0.05) is 38.2 Å². The van der Waals surface area contributed by atoms with Gasteiger partial charge in [-0.05, 0) is 37.5 Å². The number of carbonyl (C=O) groups is 1. The number of amides is 2. The van der Waals surface area contributed by atoms with Crippen molar-refractivity contribution in [2.75, 3.05) is 20.3 Å². The molecule has 1 aliphatic heterocycles. The quantitative estimate of drug-likeness (QED) is 0.853. The molecule has 1 unspecified atom stereocenters. The molecule has 0 spiro atoms. The Labute approximate surface area is 157 Å². The number of carbonyl (C=O) groups excluding carboxylic acids is 1. The lowest BCUT2D eigenvalue weighted by molar-refractivity contribution is 0.175. The zero-order valence-corrected chi connectivity index (χ0v) is 16.1. The van der Waals surface area contributed by atoms with E-state index in [-0.39, 0.29) is 12.1 Å². The average molecular weight is 360 g/mol. The van der Waals surface area contributed by atoms with Crippen LogP contribution >= 0.6 is 0 Å². The minimum absolute atomic E-state index is 0.00943. The van der Waals surface area contributed by atoms with Gasteiger partial charge in [-0.15, -0.1) is 0 Å². The van der Waals surface area contributed by atoms with Gasteiger partial charge in [0.1, 0.15) is 0 Å². The highest BCUT2D eigenvalue weighted by Gasteiger charge is 2.22. The predicted molar refractivity (Wildman–Crippen MR) is 103 cm³/mol. The molecule has 0 aromatic heterocycles. The van der Waals surface area contributed by atoms with Crippen molar-refractivity contribution in [3.63, 3.8) is 0 Å². The summed E-state index contributed by atoms with van der Waals surface area (Å²) in [5.41, 5.74) is 1.04. The van der Waals surface area contributed by atoms with E-state index in [0.717, 1.165) is 36.3 Å². The maximum atomic E-state index is 12.7. The van der Waals surface area contributed by atoms with E-state index in [1.165, 1.54) is 32.1 Å². The summed E-state index contributed by atoms with van der Waals surface area (Å²) in [6.07, 6.45) is 9.48. The highest BCUT2D eigenvalue weighted by atomic mass is 16.5. The van der Waals surface area contributed by atoms with E-state index in [9.17, 15) is 4.79 Å². The molecule has 1 heterocycles. The third-order valence-electron chi connectivity index (χ3n) is 5.55. The van der Waals surface area contributed by atoms with Gasteiger partial charge in [-0.25, -0.2) is 4.79 Å². The van der Waals surface area contributed by atoms with Crippen LogP contribution in [0.1, 0.15) is 69.9 Å². The van der Waals surface area contributed by atoms with Gasteiger partial charge in [0.25, 0.3) is 0 Å². The largest absolute Gasteiger partial charge is 0.490 e. The molecule has 1 fully saturated rings. The fourth-order valence-electron chi connectivity index (χ4n) is 3.81. The first kappa shape index (κ1) is 18.9. The molecule has 5 nitrogen and oxygen atoms in total. The SMILES string of the molecule is CC(NC(=O)N(C)C1CCCCCCC1)c1ccc2c(c1)OCCCO2. The second kappa shape index (κ2) is 9.15. The lowest BCUT2D eigenvalue weighted by Crippen LogP contribution is -2.44. The number of benzene rings is 1. The molecule has 1 aromatic rings. The predicted octanol–water partition coefficient (Wildman–Crippen LogP) is 4.66. The molecule has 5 heteroatoms. The monoisotopic (exact) mass is 360 g/mol. The van der Waals surface area contributed by atoms with Crippen molar-refractivity contribution < 1.29 is 14.3 Å². The molecule has 1 aromatic carbocycles. The molecule has 144 valence electrons. The Kier molecular flexibility index (Phi) is 6.64. The molecule has 1 N–H and O–H groups in total. The van der Waals surface area contributed by atoms with Crippen molar-refractivity contribution in [2.24, 2.45) is 0 Å². The number of nitrogens with one attached hydrogen (secondary N) is 1. The van der Waals surface area contributed by atoms with Crippen LogP contribution in [0.25, 0.3) is 0 Å². The first-order chi connectivity index (χ1) is 12.6. The maximum absolute atomic E-state index is 12.7. The van der Waals surface area contributed by atoms with Crippen LogP contribution in [0.3, 0.4) is 0 Å². The fraction of sp³-hybridized carbons (Fsp3) is 0.667. The Hall–Kier alpha value is -1.91. The third-order valence-corrected chi connectivity index (χ3v) is 5.55. The molecule has 26 heavy (non-hydrogen) atoms. The highest BCUT2D eigenvalue weighted by molar-refractivity contribution is 5.74. The average Bonchev–Trinajstić information content (AvgIpc) is 2.85. The zero-order chi connectivity index (χ0) is 18.4. The third kappa shape index (κ3) is 4.83. The summed E-state index contributed by atoms with van der Waals surface area (Å²) in [4.78, 5) is 14.6. The molecule has 0 radical (unpaired) electrons. The van der Waals surface area contributed by atoms with E-state index in [4.69, 9.17) is 9.47 Å². The van der Waals surface area contributed by atoms with E-state index in [0.29, 0.717) is 19.3 Å². The zero-order valence-electron chi connectivity index (χ0n) is 16.1. The van der Waals surface area contributed by atoms with Crippen molar-refractivity contribution in [3.8, 4) is 11.5 Å². The Morgan fingerprint density at radius 2 is 1.69 bits per heavy atom. The molecular weight excluding hydrogens is 328 g/mol. The summed E-state index contributed by atoms with van der Waals surface area (Å²) in [6.45, 7) is 3.37. The smallest absolute Gasteiger partial charge is 0.317 e. The van der Waals surface area contributed by atoms with Crippen molar-refractivity contribution in [2.45, 2.75) is 70.4 Å². The summed E-state index contributed by atoms with van der Waals surface area (Å²) in [7, 11) is 1.93. The Morgan fingerprint density at radius 3 is 2.42 bits per heavy atom. The summed E-state index contributed by atoms with van der Waals surface area (Å²) in [5, 5.41) is 3.14. The summed E-state index contributed by atoms with van der Waals surface area (Å²) < 4.78 is 11.4. The Bertz CT molecular complexity index is 597. The molecule has 0 bridgehead atoms. The molecule has 2 amide bonds. The van der Waals surface area contributed by atoms with Crippen LogP contribution in [0.2, 0.25) is 0 Å². The standard InChI is InChI=1S/C21H32N2O3/c1-16(17-11-12-19-20(15-17)26-14-8-13-25-19)22-21(24)23(2)18-9-6-4-3-5-7-10-18/h11-12,15-16,18H,3-10,13-14H2,1-2H3,(H,22,24). The van der Waals surface area contributed by atoms with Gasteiger partial charge in [0.05, 0.1) is 19.3 Å². The molecule has 1 atom stereocenters. The number of hydrogen-bond acceptors (Lipinski definition) is 3. The van der Waals surface area contributed by atoms with Gasteiger partial charge in [0, 0.05) is 19.5 Å². The van der Waals surface area contributed by atoms with Gasteiger partial charge in [-0.2, -0.15) is 0 Å². The Morgan fingerprint density at radius 1 is 1.04 bits per heavy atom. The second-order valence-corrected chi connectivity index (χ2v) is 7.54. The van der Waals surface area contributed by atoms with Gasteiger partial charge in [0.2, 0.25) is 0 Å². The highest BCUT2D eigenvalue weighted by Crippen LogP contribution is 2.32. The molecule has 3 rings (SSSR count). The summed E-state index contributed by atoms with van der Waals surface area (Å²) >= 11 is 0. The van der Waals surface area contributed by atoms with Gasteiger partial charge in [0.15, 0.2) is 11.5 Å². The first-order valence-corrected chi connectivity index (χ1v) is 10.1. The van der Waals surface area contributed by atoms with E-state index in [1.54, 1.807) is 0 Å². The van der Waals surface area contributed by atoms with Gasteiger partial charge < -0.3 is 19.7 Å². The lowest BCUT2D eigenvalue weighted by Gasteiger charge is -2.31. The van der Waals surface area contributed by atoms with Crippen LogP contribution < -0.4 is 14.8 Å². The normalized spacial score (nSPS) is 19.6. The van der Waals surface area contributed by atoms with Crippen molar-refractivity contribution >= 4 is 6.03 Å². The maximum Gasteiger partial charge on any atom is 0.317 e. The van der Waals surface area contributed by atoms with Crippen LogP contribution in [-0.2, 0) is 0 Å². The molecule has 1 aliphatic carbocycles. The number of ether oxygens (including phenoxy) is 2. The topological polar surface area (TPSA) is 50.8 Å². The van der Waals surface area contributed by atoms with Crippen LogP contribution in [0, 0.1) is 0 Å². The number of fused-ring (bicyclic) bond motifs is 1. The van der Waals surface area contributed by atoms with Crippen LogP contribution in [0.15, 0.2) is 18.2 Å². The van der Waals surface area contributed by atoms with Crippen LogP contribution in [0.5, 0.6) is 11.5 Å². The van der Waals surface area contributed by atoms with Gasteiger partial charge >= 0.3 is 6.03 Å². The molecule has 2 aliphatic rings. The Balaban J connectivity index is 1.60. The number of hydrogen-bond donors (Lipinski definition) is 1. The minimum atomic E-state index is -0.0735. The molecule has 1 saturated carbocycles. The van der Waals surface area contributed by atoms with E-state index in [1.807, 2.05) is 37.1 Å². The van der Waals surface area contributed by atoms with Crippen molar-refractivity contribution in [3.05, 3.63) is 23.8 Å². The second-order valence-electron chi connectivity index (χ2n) is 7.54. The van der Waals surface area contributed by atoms with Crippen LogP contribution in [-0.4, -0.2) is 37.2 Å². The fourth-order valence-corrected chi connectivity index (χ4v) is 3.81. The van der Waals surface area contributed by atoms with Gasteiger partial charge in [-0.3, -0.25) is 0 Å². The minimum Gasteiger partial charge on any atom is -0.490 e.